The zero-order valence-corrected chi connectivity index (χ0v) is 14.2. The first-order chi connectivity index (χ1) is 12.0. The van der Waals surface area contributed by atoms with E-state index in [0.29, 0.717) is 13.0 Å². The van der Waals surface area contributed by atoms with Crippen molar-refractivity contribution in [3.8, 4) is 5.75 Å². The molecule has 1 amide bonds. The summed E-state index contributed by atoms with van der Waals surface area (Å²) in [6.07, 6.45) is -0.559. The minimum absolute atomic E-state index is 0.112. The number of rotatable bonds is 7. The highest BCUT2D eigenvalue weighted by Crippen LogP contribution is 2.33. The van der Waals surface area contributed by atoms with Gasteiger partial charge in [0.1, 0.15) is 11.9 Å². The van der Waals surface area contributed by atoms with Crippen LogP contribution in [0.4, 0.5) is 10.5 Å². The van der Waals surface area contributed by atoms with Crippen LogP contribution in [0.1, 0.15) is 18.1 Å². The van der Waals surface area contributed by atoms with Crippen LogP contribution in [0.2, 0.25) is 5.02 Å². The van der Waals surface area contributed by atoms with E-state index in [0.717, 1.165) is 5.56 Å². The number of hydrogen-bond acceptors (Lipinski definition) is 5. The standard InChI is InChI=1S/C17H17ClN2O5/c1-24-17(21)19-10-9-15(12-5-3-2-4-6-12)25-16-11-13(20(22)23)7-8-14(16)18/h2-8,11,15H,9-10H2,1H3,(H,19,21). The summed E-state index contributed by atoms with van der Waals surface area (Å²) in [5, 5.41) is 13.8. The number of methoxy groups -OCH3 is 1. The molecule has 0 saturated carbocycles. The molecule has 0 saturated heterocycles. The zero-order valence-electron chi connectivity index (χ0n) is 13.5. The summed E-state index contributed by atoms with van der Waals surface area (Å²) in [5.74, 6) is 0.211. The lowest BCUT2D eigenvalue weighted by Crippen LogP contribution is -2.26. The monoisotopic (exact) mass is 364 g/mol. The van der Waals surface area contributed by atoms with E-state index in [1.807, 2.05) is 30.3 Å². The molecule has 0 spiro atoms. The molecule has 1 unspecified atom stereocenters. The third-order valence-electron chi connectivity index (χ3n) is 3.43. The number of nitro benzene ring substituents is 1. The van der Waals surface area contributed by atoms with Crippen molar-refractivity contribution < 1.29 is 19.2 Å². The number of hydrogen-bond donors (Lipinski definition) is 1. The SMILES string of the molecule is COC(=O)NCCC(Oc1cc([N+](=O)[O-])ccc1Cl)c1ccccc1. The van der Waals surface area contributed by atoms with E-state index < -0.39 is 17.1 Å². The number of ether oxygens (including phenoxy) is 2. The van der Waals surface area contributed by atoms with Crippen molar-refractivity contribution in [2.24, 2.45) is 0 Å². The van der Waals surface area contributed by atoms with Crippen LogP contribution < -0.4 is 10.1 Å². The van der Waals surface area contributed by atoms with Gasteiger partial charge in [0.2, 0.25) is 0 Å². The molecule has 2 aromatic rings. The lowest BCUT2D eigenvalue weighted by atomic mass is 10.1. The summed E-state index contributed by atoms with van der Waals surface area (Å²) in [6.45, 7) is 0.304. The third kappa shape index (κ3) is 5.36. The van der Waals surface area contributed by atoms with Gasteiger partial charge in [0.25, 0.3) is 5.69 Å². The average molecular weight is 365 g/mol. The van der Waals surface area contributed by atoms with Crippen molar-refractivity contribution >= 4 is 23.4 Å². The highest BCUT2D eigenvalue weighted by molar-refractivity contribution is 6.32. The van der Waals surface area contributed by atoms with Crippen LogP contribution in [0.3, 0.4) is 0 Å². The number of carbonyl (C=O) groups is 1. The molecule has 132 valence electrons. The van der Waals surface area contributed by atoms with Crippen molar-refractivity contribution in [1.29, 1.82) is 0 Å². The van der Waals surface area contributed by atoms with E-state index in [-0.39, 0.29) is 16.5 Å². The van der Waals surface area contributed by atoms with Gasteiger partial charge in [-0.15, -0.1) is 0 Å². The Morgan fingerprint density at radius 1 is 1.28 bits per heavy atom. The lowest BCUT2D eigenvalue weighted by molar-refractivity contribution is -0.384. The largest absolute Gasteiger partial charge is 0.484 e. The van der Waals surface area contributed by atoms with Crippen LogP contribution in [-0.4, -0.2) is 24.7 Å². The van der Waals surface area contributed by atoms with E-state index in [2.05, 4.69) is 10.1 Å². The van der Waals surface area contributed by atoms with Gasteiger partial charge in [-0.3, -0.25) is 10.1 Å². The molecule has 25 heavy (non-hydrogen) atoms. The van der Waals surface area contributed by atoms with E-state index >= 15 is 0 Å². The highest BCUT2D eigenvalue weighted by atomic mass is 35.5. The van der Waals surface area contributed by atoms with E-state index in [9.17, 15) is 14.9 Å². The molecular formula is C17H17ClN2O5. The molecule has 0 bridgehead atoms. The van der Waals surface area contributed by atoms with Crippen LogP contribution >= 0.6 is 11.6 Å². The number of amides is 1. The summed E-state index contributed by atoms with van der Waals surface area (Å²) in [7, 11) is 1.28. The number of nitrogens with one attached hydrogen (secondary N) is 1. The Kier molecular flexibility index (Phi) is 6.59. The molecule has 0 aromatic heterocycles. The van der Waals surface area contributed by atoms with Crippen LogP contribution in [0.25, 0.3) is 0 Å². The fourth-order valence-corrected chi connectivity index (χ4v) is 2.35. The normalized spacial score (nSPS) is 11.4. The Balaban J connectivity index is 2.19. The van der Waals surface area contributed by atoms with Gasteiger partial charge in [0, 0.05) is 19.0 Å². The molecule has 0 aliphatic rings. The summed E-state index contributed by atoms with van der Waals surface area (Å²) < 4.78 is 10.4. The van der Waals surface area contributed by atoms with Crippen LogP contribution in [0.5, 0.6) is 5.75 Å². The predicted octanol–water partition coefficient (Wildman–Crippen LogP) is 4.11. The molecule has 8 heteroatoms. The quantitative estimate of drug-likeness (QED) is 0.589. The van der Waals surface area contributed by atoms with Gasteiger partial charge in [-0.05, 0) is 11.6 Å². The second-order valence-electron chi connectivity index (χ2n) is 5.10. The van der Waals surface area contributed by atoms with E-state index in [4.69, 9.17) is 16.3 Å². The first kappa shape index (κ1) is 18.5. The van der Waals surface area contributed by atoms with Gasteiger partial charge in [0.05, 0.1) is 23.1 Å². The first-order valence-electron chi connectivity index (χ1n) is 7.48. The fourth-order valence-electron chi connectivity index (χ4n) is 2.19. The average Bonchev–Trinajstić information content (AvgIpc) is 2.62. The van der Waals surface area contributed by atoms with Gasteiger partial charge in [-0.1, -0.05) is 41.9 Å². The Morgan fingerprint density at radius 2 is 2.00 bits per heavy atom. The molecule has 1 atom stereocenters. The maximum absolute atomic E-state index is 11.2. The molecule has 1 N–H and O–H groups in total. The predicted molar refractivity (Wildman–Crippen MR) is 92.9 cm³/mol. The Hall–Kier alpha value is -2.80. The molecule has 0 aliphatic carbocycles. The highest BCUT2D eigenvalue weighted by Gasteiger charge is 2.18. The summed E-state index contributed by atoms with van der Waals surface area (Å²) in [6, 6.07) is 13.3. The molecule has 0 aliphatic heterocycles. The summed E-state index contributed by atoms with van der Waals surface area (Å²) in [5.41, 5.74) is 0.746. The number of halogens is 1. The van der Waals surface area contributed by atoms with Crippen LogP contribution in [-0.2, 0) is 4.74 Å². The number of nitrogens with zero attached hydrogens (tertiary/aromatic N) is 1. The molecular weight excluding hydrogens is 348 g/mol. The van der Waals surface area contributed by atoms with Crippen molar-refractivity contribution in [2.45, 2.75) is 12.5 Å². The number of nitro groups is 1. The van der Waals surface area contributed by atoms with Gasteiger partial charge < -0.3 is 14.8 Å². The molecule has 2 rings (SSSR count). The minimum Gasteiger partial charge on any atom is -0.484 e. The number of benzene rings is 2. The zero-order chi connectivity index (χ0) is 18.2. The summed E-state index contributed by atoms with van der Waals surface area (Å²) in [4.78, 5) is 21.6. The smallest absolute Gasteiger partial charge is 0.406 e. The summed E-state index contributed by atoms with van der Waals surface area (Å²) >= 11 is 6.10. The van der Waals surface area contributed by atoms with Crippen LogP contribution in [0, 0.1) is 10.1 Å². The molecule has 7 nitrogen and oxygen atoms in total. The number of carbonyl (C=O) groups excluding carboxylic acids is 1. The second kappa shape index (κ2) is 8.89. The number of non-ortho nitro benzene ring substituents is 1. The third-order valence-corrected chi connectivity index (χ3v) is 3.74. The van der Waals surface area contributed by atoms with Crippen molar-refractivity contribution in [1.82, 2.24) is 5.32 Å². The van der Waals surface area contributed by atoms with Crippen molar-refractivity contribution in [2.75, 3.05) is 13.7 Å². The lowest BCUT2D eigenvalue weighted by Gasteiger charge is -2.20. The van der Waals surface area contributed by atoms with Gasteiger partial charge in [-0.25, -0.2) is 4.79 Å². The maximum atomic E-state index is 11.2. The molecule has 0 radical (unpaired) electrons. The second-order valence-corrected chi connectivity index (χ2v) is 5.50. The molecule has 2 aromatic carbocycles. The number of alkyl carbamates (subject to hydrolysis) is 1. The van der Waals surface area contributed by atoms with Crippen LogP contribution in [0.15, 0.2) is 48.5 Å². The molecule has 0 heterocycles. The van der Waals surface area contributed by atoms with Crippen molar-refractivity contribution in [3.63, 3.8) is 0 Å². The minimum atomic E-state index is -0.541. The van der Waals surface area contributed by atoms with Crippen molar-refractivity contribution in [3.05, 3.63) is 69.2 Å². The van der Waals surface area contributed by atoms with E-state index in [1.165, 1.54) is 25.3 Å². The van der Waals surface area contributed by atoms with Gasteiger partial charge in [-0.2, -0.15) is 0 Å². The van der Waals surface area contributed by atoms with Gasteiger partial charge in [0.15, 0.2) is 0 Å². The molecule has 0 fully saturated rings. The van der Waals surface area contributed by atoms with Gasteiger partial charge >= 0.3 is 6.09 Å². The maximum Gasteiger partial charge on any atom is 0.406 e. The Bertz CT molecular complexity index is 739. The van der Waals surface area contributed by atoms with E-state index in [1.54, 1.807) is 0 Å². The fraction of sp³-hybridized carbons (Fsp3) is 0.235. The topological polar surface area (TPSA) is 90.7 Å². The Morgan fingerprint density at radius 3 is 2.64 bits per heavy atom. The Labute approximate surface area is 149 Å². The first-order valence-corrected chi connectivity index (χ1v) is 7.86.